The summed E-state index contributed by atoms with van der Waals surface area (Å²) in [6.45, 7) is 2.60. The van der Waals surface area contributed by atoms with E-state index < -0.39 is 50.5 Å². The zero-order chi connectivity index (χ0) is 24.6. The Morgan fingerprint density at radius 1 is 1.15 bits per heavy atom. The zero-order valence-electron chi connectivity index (χ0n) is 18.2. The highest BCUT2D eigenvalue weighted by atomic mass is 32.2. The molecule has 0 saturated heterocycles. The number of hydrogen-bond acceptors (Lipinski definition) is 8. The largest absolute Gasteiger partial charge is 0.534 e. The van der Waals surface area contributed by atoms with E-state index in [4.69, 9.17) is 14.2 Å². The second kappa shape index (κ2) is 9.24. The molecule has 0 amide bonds. The molecule has 8 nitrogen and oxygen atoms in total. The van der Waals surface area contributed by atoms with Crippen molar-refractivity contribution in [3.63, 3.8) is 0 Å². The molecule has 33 heavy (non-hydrogen) atoms. The van der Waals surface area contributed by atoms with Crippen molar-refractivity contribution in [3.8, 4) is 11.5 Å². The quantitative estimate of drug-likeness (QED) is 0.252. The van der Waals surface area contributed by atoms with Crippen LogP contribution < -0.4 is 8.92 Å². The van der Waals surface area contributed by atoms with Crippen molar-refractivity contribution in [1.82, 2.24) is 0 Å². The van der Waals surface area contributed by atoms with Gasteiger partial charge in [0.2, 0.25) is 0 Å². The number of carbonyl (C=O) groups is 2. The summed E-state index contributed by atoms with van der Waals surface area (Å²) in [5.74, 6) is -3.10. The minimum absolute atomic E-state index is 0.101. The van der Waals surface area contributed by atoms with Crippen LogP contribution in [0.15, 0.2) is 6.08 Å². The first kappa shape index (κ1) is 24.9. The number of benzene rings is 1. The Morgan fingerprint density at radius 3 is 2.33 bits per heavy atom. The van der Waals surface area contributed by atoms with Crippen LogP contribution in [0.4, 0.5) is 13.2 Å². The van der Waals surface area contributed by atoms with E-state index in [1.807, 2.05) is 0 Å². The molecule has 1 aromatic rings. The minimum Gasteiger partial charge on any atom is -0.496 e. The second-order valence-electron chi connectivity index (χ2n) is 7.64. The molecule has 12 heteroatoms. The van der Waals surface area contributed by atoms with Crippen LogP contribution in [0.3, 0.4) is 0 Å². The van der Waals surface area contributed by atoms with E-state index in [0.717, 1.165) is 19.3 Å². The molecule has 182 valence electrons. The summed E-state index contributed by atoms with van der Waals surface area (Å²) in [6.07, 6.45) is 4.81. The lowest BCUT2D eigenvalue weighted by atomic mass is 9.92. The molecule has 0 unspecified atom stereocenters. The Morgan fingerprint density at radius 2 is 1.79 bits per heavy atom. The van der Waals surface area contributed by atoms with Gasteiger partial charge in [-0.2, -0.15) is 21.6 Å². The first-order chi connectivity index (χ1) is 15.4. The standard InChI is InChI=1S/C21H23F3O8S/c1-4-13(19(25)31-12-8-6-5-7-9-12)15-17(29-3)11(2)14-10-30-20(26)16(14)18(15)32-33(27,28)21(22,23)24/h4,12H,5-10H2,1-3H3. The van der Waals surface area contributed by atoms with E-state index in [0.29, 0.717) is 12.8 Å². The maximum Gasteiger partial charge on any atom is 0.534 e. The molecule has 1 saturated carbocycles. The Hall–Kier alpha value is -2.76. The number of ether oxygens (including phenoxy) is 3. The SMILES string of the molecule is CC=C(C(=O)OC1CCCCC1)c1c(OC)c(C)c2c(c1OS(=O)(=O)C(F)(F)F)C(=O)OC2. The number of halogens is 3. The van der Waals surface area contributed by atoms with Crippen LogP contribution >= 0.6 is 0 Å². The predicted molar refractivity (Wildman–Crippen MR) is 109 cm³/mol. The first-order valence-electron chi connectivity index (χ1n) is 10.2. The van der Waals surface area contributed by atoms with Gasteiger partial charge in [-0.25, -0.2) is 9.59 Å². The molecule has 0 atom stereocenters. The van der Waals surface area contributed by atoms with E-state index in [2.05, 4.69) is 4.18 Å². The highest BCUT2D eigenvalue weighted by Gasteiger charge is 2.50. The molecule has 1 aromatic carbocycles. The summed E-state index contributed by atoms with van der Waals surface area (Å²) in [5.41, 5.74) is -6.63. The summed E-state index contributed by atoms with van der Waals surface area (Å²) in [6, 6.07) is 0. The number of carbonyl (C=O) groups excluding carboxylic acids is 2. The number of rotatable bonds is 6. The third-order valence-corrected chi connectivity index (χ3v) is 6.57. The van der Waals surface area contributed by atoms with E-state index in [1.54, 1.807) is 0 Å². The van der Waals surface area contributed by atoms with Crippen LogP contribution in [0.1, 0.15) is 66.1 Å². The maximum absolute atomic E-state index is 13.1. The van der Waals surface area contributed by atoms with Gasteiger partial charge in [-0.15, -0.1) is 0 Å². The Labute approximate surface area is 188 Å². The molecule has 3 rings (SSSR count). The van der Waals surface area contributed by atoms with Crippen molar-refractivity contribution < 1.29 is 49.6 Å². The van der Waals surface area contributed by atoms with Gasteiger partial charge in [-0.05, 0) is 45.1 Å². The summed E-state index contributed by atoms with van der Waals surface area (Å²) in [4.78, 5) is 25.4. The van der Waals surface area contributed by atoms with E-state index in [1.165, 1.54) is 27.0 Å². The van der Waals surface area contributed by atoms with Crippen LogP contribution in [-0.4, -0.2) is 39.1 Å². The minimum atomic E-state index is -6.19. The van der Waals surface area contributed by atoms with Gasteiger partial charge in [0.25, 0.3) is 0 Å². The fourth-order valence-corrected chi connectivity index (χ4v) is 4.47. The van der Waals surface area contributed by atoms with Gasteiger partial charge in [-0.3, -0.25) is 0 Å². The number of cyclic esters (lactones) is 1. The Balaban J connectivity index is 2.22. The molecule has 1 heterocycles. The number of allylic oxidation sites excluding steroid dienone is 1. The fourth-order valence-electron chi connectivity index (χ4n) is 3.99. The third-order valence-electron chi connectivity index (χ3n) is 5.61. The van der Waals surface area contributed by atoms with Crippen LogP contribution in [0.2, 0.25) is 0 Å². The zero-order valence-corrected chi connectivity index (χ0v) is 19.0. The van der Waals surface area contributed by atoms with Crippen molar-refractivity contribution in [1.29, 1.82) is 0 Å². The normalized spacial score (nSPS) is 17.4. The lowest BCUT2D eigenvalue weighted by Crippen LogP contribution is -2.29. The Bertz CT molecular complexity index is 1100. The summed E-state index contributed by atoms with van der Waals surface area (Å²) < 4.78 is 83.4. The van der Waals surface area contributed by atoms with Gasteiger partial charge in [-0.1, -0.05) is 12.5 Å². The predicted octanol–water partition coefficient (Wildman–Crippen LogP) is 4.18. The molecule has 0 radical (unpaired) electrons. The van der Waals surface area contributed by atoms with Crippen molar-refractivity contribution >= 4 is 27.6 Å². The molecular weight excluding hydrogens is 469 g/mol. The van der Waals surface area contributed by atoms with Crippen molar-refractivity contribution in [2.45, 2.75) is 64.2 Å². The average Bonchev–Trinajstić information content (AvgIpc) is 3.13. The number of methoxy groups -OCH3 is 1. The van der Waals surface area contributed by atoms with Gasteiger partial charge >= 0.3 is 27.6 Å². The highest BCUT2D eigenvalue weighted by molar-refractivity contribution is 7.88. The molecule has 1 aliphatic heterocycles. The van der Waals surface area contributed by atoms with Gasteiger partial charge in [0.05, 0.1) is 18.2 Å². The lowest BCUT2D eigenvalue weighted by molar-refractivity contribution is -0.143. The molecule has 1 fully saturated rings. The fraction of sp³-hybridized carbons (Fsp3) is 0.524. The maximum atomic E-state index is 13.1. The number of hydrogen-bond donors (Lipinski definition) is 0. The summed E-state index contributed by atoms with van der Waals surface area (Å²) in [5, 5.41) is 0. The number of fused-ring (bicyclic) bond motifs is 1. The Kier molecular flexibility index (Phi) is 6.96. The van der Waals surface area contributed by atoms with Gasteiger partial charge in [0, 0.05) is 5.56 Å². The highest BCUT2D eigenvalue weighted by Crippen LogP contribution is 2.47. The topological polar surface area (TPSA) is 105 Å². The van der Waals surface area contributed by atoms with Crippen LogP contribution in [0.5, 0.6) is 11.5 Å². The summed E-state index contributed by atoms with van der Waals surface area (Å²) in [7, 11) is -5.00. The third kappa shape index (κ3) is 4.66. The molecule has 0 N–H and O–H groups in total. The molecule has 2 aliphatic rings. The van der Waals surface area contributed by atoms with Crippen molar-refractivity contribution in [3.05, 3.63) is 28.3 Å². The van der Waals surface area contributed by atoms with Gasteiger partial charge < -0.3 is 18.4 Å². The molecule has 0 spiro atoms. The monoisotopic (exact) mass is 492 g/mol. The molecule has 1 aliphatic carbocycles. The van der Waals surface area contributed by atoms with Crippen LogP contribution in [-0.2, 0) is 31.0 Å². The van der Waals surface area contributed by atoms with Gasteiger partial charge in [0.15, 0.2) is 5.75 Å². The van der Waals surface area contributed by atoms with Crippen LogP contribution in [0, 0.1) is 6.92 Å². The van der Waals surface area contributed by atoms with E-state index >= 15 is 0 Å². The number of alkyl halides is 3. The van der Waals surface area contributed by atoms with E-state index in [9.17, 15) is 31.2 Å². The molecule has 0 aromatic heterocycles. The summed E-state index contributed by atoms with van der Waals surface area (Å²) >= 11 is 0. The number of esters is 2. The smallest absolute Gasteiger partial charge is 0.496 e. The second-order valence-corrected chi connectivity index (χ2v) is 9.18. The molecular formula is C21H23F3O8S. The average molecular weight is 492 g/mol. The van der Waals surface area contributed by atoms with E-state index in [-0.39, 0.29) is 29.1 Å². The van der Waals surface area contributed by atoms with Crippen LogP contribution in [0.25, 0.3) is 5.57 Å². The first-order valence-corrected chi connectivity index (χ1v) is 11.6. The lowest BCUT2D eigenvalue weighted by Gasteiger charge is -2.24. The van der Waals surface area contributed by atoms with Gasteiger partial charge in [0.1, 0.15) is 24.0 Å². The van der Waals surface area contributed by atoms with Crippen molar-refractivity contribution in [2.24, 2.45) is 0 Å². The molecule has 0 bridgehead atoms. The van der Waals surface area contributed by atoms with Crippen molar-refractivity contribution in [2.75, 3.05) is 7.11 Å².